The molecule has 0 fully saturated rings. The quantitative estimate of drug-likeness (QED) is 0.849. The third-order valence-electron chi connectivity index (χ3n) is 2.80. The monoisotopic (exact) mass is 280 g/mol. The van der Waals surface area contributed by atoms with Crippen LogP contribution in [0.3, 0.4) is 0 Å². The van der Waals surface area contributed by atoms with Crippen molar-refractivity contribution in [1.82, 2.24) is 4.98 Å². The first-order valence-corrected chi connectivity index (χ1v) is 6.62. The minimum Gasteiger partial charge on any atom is -0.395 e. The molecule has 0 aliphatic carbocycles. The molecule has 1 aromatic carbocycles. The zero-order valence-corrected chi connectivity index (χ0v) is 11.8. The Hall–Kier alpha value is -2.64. The van der Waals surface area contributed by atoms with Gasteiger partial charge >= 0.3 is 0 Å². The highest BCUT2D eigenvalue weighted by Crippen LogP contribution is 2.13. The zero-order chi connectivity index (χ0) is 15.1. The number of anilines is 1. The van der Waals surface area contributed by atoms with Gasteiger partial charge in [-0.05, 0) is 36.8 Å². The van der Waals surface area contributed by atoms with Gasteiger partial charge in [0.25, 0.3) is 5.91 Å². The van der Waals surface area contributed by atoms with Crippen molar-refractivity contribution < 1.29 is 9.90 Å². The predicted octanol–water partition coefficient (Wildman–Crippen LogP) is 2.38. The van der Waals surface area contributed by atoms with Gasteiger partial charge in [-0.3, -0.25) is 9.78 Å². The highest BCUT2D eigenvalue weighted by atomic mass is 16.2. The van der Waals surface area contributed by atoms with Crippen LogP contribution < -0.4 is 5.32 Å². The van der Waals surface area contributed by atoms with Crippen molar-refractivity contribution in [2.24, 2.45) is 0 Å². The van der Waals surface area contributed by atoms with Gasteiger partial charge in [-0.25, -0.2) is 0 Å². The fourth-order valence-corrected chi connectivity index (χ4v) is 1.81. The molecule has 0 saturated heterocycles. The van der Waals surface area contributed by atoms with Gasteiger partial charge in [0.2, 0.25) is 0 Å². The lowest BCUT2D eigenvalue weighted by molar-refractivity contribution is 0.102. The highest BCUT2D eigenvalue weighted by molar-refractivity contribution is 6.05. The van der Waals surface area contributed by atoms with E-state index in [1.165, 1.54) is 0 Å². The topological polar surface area (TPSA) is 62.2 Å². The Morgan fingerprint density at radius 1 is 1.38 bits per heavy atom. The fraction of sp³-hybridized carbons (Fsp3) is 0.176. The molecule has 0 aliphatic heterocycles. The molecule has 4 nitrogen and oxygen atoms in total. The number of aromatic nitrogens is 1. The minimum absolute atomic E-state index is 0.00995. The molecule has 0 aliphatic rings. The first-order chi connectivity index (χ1) is 10.2. The number of aryl methyl sites for hydroxylation is 1. The van der Waals surface area contributed by atoms with E-state index in [0.29, 0.717) is 23.2 Å². The first-order valence-electron chi connectivity index (χ1n) is 6.62. The summed E-state index contributed by atoms with van der Waals surface area (Å²) in [6.45, 7) is 1.95. The van der Waals surface area contributed by atoms with Crippen molar-refractivity contribution in [3.8, 4) is 11.8 Å². The average Bonchev–Trinajstić information content (AvgIpc) is 2.48. The number of rotatable bonds is 3. The minimum atomic E-state index is -0.226. The van der Waals surface area contributed by atoms with Crippen molar-refractivity contribution in [1.29, 1.82) is 0 Å². The van der Waals surface area contributed by atoms with Gasteiger partial charge < -0.3 is 10.4 Å². The van der Waals surface area contributed by atoms with E-state index in [9.17, 15) is 4.79 Å². The summed E-state index contributed by atoms with van der Waals surface area (Å²) in [4.78, 5) is 16.3. The van der Waals surface area contributed by atoms with Crippen LogP contribution in [-0.4, -0.2) is 22.6 Å². The van der Waals surface area contributed by atoms with Crippen LogP contribution in [0.15, 0.2) is 42.7 Å². The molecule has 1 heterocycles. The maximum atomic E-state index is 12.3. The molecule has 4 heteroatoms. The normalized spacial score (nSPS) is 9.62. The molecular weight excluding hydrogens is 264 g/mol. The Labute approximate surface area is 123 Å². The SMILES string of the molecule is Cc1ccc(C(=O)Nc2cccnc2)c(C#CCCO)c1. The maximum absolute atomic E-state index is 12.3. The summed E-state index contributed by atoms with van der Waals surface area (Å²) in [6, 6.07) is 9.02. The second-order valence-corrected chi connectivity index (χ2v) is 4.52. The molecular formula is C17H16N2O2. The maximum Gasteiger partial charge on any atom is 0.256 e. The predicted molar refractivity (Wildman–Crippen MR) is 82.0 cm³/mol. The van der Waals surface area contributed by atoms with Gasteiger partial charge in [0, 0.05) is 18.2 Å². The molecule has 1 amide bonds. The Morgan fingerprint density at radius 2 is 2.24 bits per heavy atom. The number of pyridine rings is 1. The molecule has 106 valence electrons. The number of nitrogens with one attached hydrogen (secondary N) is 1. The molecule has 2 aromatic rings. The van der Waals surface area contributed by atoms with Gasteiger partial charge in [0.1, 0.15) is 0 Å². The summed E-state index contributed by atoms with van der Waals surface area (Å²) in [5.41, 5.74) is 2.83. The van der Waals surface area contributed by atoms with Crippen LogP contribution in [-0.2, 0) is 0 Å². The van der Waals surface area contributed by atoms with E-state index >= 15 is 0 Å². The number of carbonyl (C=O) groups is 1. The number of nitrogens with zero attached hydrogens (tertiary/aromatic N) is 1. The second kappa shape index (κ2) is 7.22. The highest BCUT2D eigenvalue weighted by Gasteiger charge is 2.10. The van der Waals surface area contributed by atoms with E-state index < -0.39 is 0 Å². The molecule has 2 N–H and O–H groups in total. The van der Waals surface area contributed by atoms with Crippen LogP contribution in [0.1, 0.15) is 27.9 Å². The summed E-state index contributed by atoms with van der Waals surface area (Å²) in [5, 5.41) is 11.6. The van der Waals surface area contributed by atoms with Gasteiger partial charge in [-0.15, -0.1) is 0 Å². The van der Waals surface area contributed by atoms with E-state index in [4.69, 9.17) is 5.11 Å². The van der Waals surface area contributed by atoms with Gasteiger partial charge in [0.15, 0.2) is 0 Å². The molecule has 21 heavy (non-hydrogen) atoms. The Bertz CT molecular complexity index is 685. The fourth-order valence-electron chi connectivity index (χ4n) is 1.81. The summed E-state index contributed by atoms with van der Waals surface area (Å²) >= 11 is 0. The van der Waals surface area contributed by atoms with E-state index in [0.717, 1.165) is 5.56 Å². The molecule has 0 spiro atoms. The van der Waals surface area contributed by atoms with Crippen LogP contribution in [0.4, 0.5) is 5.69 Å². The van der Waals surface area contributed by atoms with E-state index in [2.05, 4.69) is 22.1 Å². The van der Waals surface area contributed by atoms with E-state index in [-0.39, 0.29) is 12.5 Å². The summed E-state index contributed by atoms with van der Waals surface area (Å²) in [7, 11) is 0. The smallest absolute Gasteiger partial charge is 0.256 e. The van der Waals surface area contributed by atoms with Crippen LogP contribution >= 0.6 is 0 Å². The molecule has 0 atom stereocenters. The zero-order valence-electron chi connectivity index (χ0n) is 11.8. The number of carbonyl (C=O) groups excluding carboxylic acids is 1. The van der Waals surface area contributed by atoms with Crippen molar-refractivity contribution in [2.45, 2.75) is 13.3 Å². The summed E-state index contributed by atoms with van der Waals surface area (Å²) in [5.74, 6) is 5.55. The third-order valence-corrected chi connectivity index (χ3v) is 2.80. The van der Waals surface area contributed by atoms with Crippen molar-refractivity contribution in [3.05, 3.63) is 59.4 Å². The lowest BCUT2D eigenvalue weighted by Gasteiger charge is -2.07. The summed E-state index contributed by atoms with van der Waals surface area (Å²) < 4.78 is 0. The number of amides is 1. The first kappa shape index (κ1) is 14.8. The van der Waals surface area contributed by atoms with Gasteiger partial charge in [0.05, 0.1) is 24.1 Å². The molecule has 0 saturated carbocycles. The summed E-state index contributed by atoms with van der Waals surface area (Å²) in [6.07, 6.45) is 3.62. The molecule has 0 unspecified atom stereocenters. The van der Waals surface area contributed by atoms with Crippen LogP contribution in [0.5, 0.6) is 0 Å². The average molecular weight is 280 g/mol. The lowest BCUT2D eigenvalue weighted by atomic mass is 10.0. The number of hydrogen-bond acceptors (Lipinski definition) is 3. The molecule has 2 rings (SSSR count). The lowest BCUT2D eigenvalue weighted by Crippen LogP contribution is -2.13. The van der Waals surface area contributed by atoms with Crippen LogP contribution in [0.25, 0.3) is 0 Å². The third kappa shape index (κ3) is 4.16. The Kier molecular flexibility index (Phi) is 5.08. The number of aliphatic hydroxyl groups excluding tert-OH is 1. The number of aliphatic hydroxyl groups is 1. The van der Waals surface area contributed by atoms with Crippen molar-refractivity contribution in [3.63, 3.8) is 0 Å². The standard InChI is InChI=1S/C17H16N2O2/c1-13-7-8-16(14(11-13)5-2-3-10-20)17(21)19-15-6-4-9-18-12-15/h4,6-9,11-12,20H,3,10H2,1H3,(H,19,21). The van der Waals surface area contributed by atoms with Gasteiger partial charge in [-0.2, -0.15) is 0 Å². The molecule has 1 aromatic heterocycles. The largest absolute Gasteiger partial charge is 0.395 e. The Morgan fingerprint density at radius 3 is 2.95 bits per heavy atom. The van der Waals surface area contributed by atoms with Crippen LogP contribution in [0, 0.1) is 18.8 Å². The van der Waals surface area contributed by atoms with Crippen molar-refractivity contribution >= 4 is 11.6 Å². The molecule has 0 radical (unpaired) electrons. The number of benzene rings is 1. The second-order valence-electron chi connectivity index (χ2n) is 4.52. The van der Waals surface area contributed by atoms with Gasteiger partial charge in [-0.1, -0.05) is 17.9 Å². The Balaban J connectivity index is 2.26. The van der Waals surface area contributed by atoms with Crippen LogP contribution in [0.2, 0.25) is 0 Å². The molecule has 0 bridgehead atoms. The van der Waals surface area contributed by atoms with Crippen molar-refractivity contribution in [2.75, 3.05) is 11.9 Å². The number of hydrogen-bond donors (Lipinski definition) is 2. The van der Waals surface area contributed by atoms with E-state index in [1.54, 1.807) is 30.6 Å². The van der Waals surface area contributed by atoms with E-state index in [1.807, 2.05) is 19.1 Å².